The summed E-state index contributed by atoms with van der Waals surface area (Å²) in [6, 6.07) is 5.60. The number of imidazole rings is 1. The van der Waals surface area contributed by atoms with E-state index < -0.39 is 0 Å². The smallest absolute Gasteiger partial charge is 0.234 e. The van der Waals surface area contributed by atoms with Gasteiger partial charge in [0.15, 0.2) is 16.7 Å². The third-order valence-corrected chi connectivity index (χ3v) is 5.20. The van der Waals surface area contributed by atoms with Crippen LogP contribution in [-0.4, -0.2) is 35.0 Å². The molecule has 4 rings (SSSR count). The van der Waals surface area contributed by atoms with Crippen molar-refractivity contribution in [3.63, 3.8) is 0 Å². The predicted molar refractivity (Wildman–Crippen MR) is 104 cm³/mol. The third kappa shape index (κ3) is 3.63. The summed E-state index contributed by atoms with van der Waals surface area (Å²) in [7, 11) is 0. The second-order valence-corrected chi connectivity index (χ2v) is 7.32. The van der Waals surface area contributed by atoms with Crippen LogP contribution >= 0.6 is 11.8 Å². The van der Waals surface area contributed by atoms with E-state index in [2.05, 4.69) is 20.2 Å². The number of hydrogen-bond acceptors (Lipinski definition) is 7. The number of thioether (sulfide) groups is 1. The molecular weight excluding hydrogens is 378 g/mol. The molecule has 0 aliphatic heterocycles. The van der Waals surface area contributed by atoms with Crippen molar-refractivity contribution in [1.29, 1.82) is 0 Å². The van der Waals surface area contributed by atoms with Gasteiger partial charge in [0.2, 0.25) is 11.7 Å². The Morgan fingerprint density at radius 2 is 2.14 bits per heavy atom. The largest absolute Gasteiger partial charge is 0.461 e. The van der Waals surface area contributed by atoms with Crippen LogP contribution in [0.4, 0.5) is 0 Å². The lowest BCUT2D eigenvalue weighted by molar-refractivity contribution is -0.118. The Kier molecular flexibility index (Phi) is 4.86. The molecule has 0 aliphatic rings. The molecule has 0 radical (unpaired) electrons. The average Bonchev–Trinajstić information content (AvgIpc) is 3.36. The number of nitrogens with zero attached hydrogens (tertiary/aromatic N) is 6. The van der Waals surface area contributed by atoms with Crippen LogP contribution in [0.5, 0.6) is 0 Å². The molecule has 1 amide bonds. The Bertz CT molecular complexity index is 1130. The zero-order chi connectivity index (χ0) is 19.7. The van der Waals surface area contributed by atoms with Crippen LogP contribution in [0.15, 0.2) is 40.2 Å². The van der Waals surface area contributed by atoms with E-state index in [-0.39, 0.29) is 12.3 Å². The molecule has 28 heavy (non-hydrogen) atoms. The quantitative estimate of drug-likeness (QED) is 0.476. The number of fused-ring (bicyclic) bond motifs is 1. The number of aryl methyl sites for hydroxylation is 2. The molecule has 2 N–H and O–H groups in total. The highest BCUT2D eigenvalue weighted by Crippen LogP contribution is 2.27. The van der Waals surface area contributed by atoms with Gasteiger partial charge in [0, 0.05) is 36.3 Å². The van der Waals surface area contributed by atoms with E-state index in [9.17, 15) is 4.79 Å². The maximum atomic E-state index is 11.3. The minimum atomic E-state index is -0.382. The number of furan rings is 1. The Hall–Kier alpha value is -3.14. The van der Waals surface area contributed by atoms with Crippen molar-refractivity contribution in [3.8, 4) is 11.6 Å². The standard InChI is InChI=1S/C18H19N7O2S/c1-11-8-12(2)25-9-13(21-17(25)20-11)10-28-18-23-22-16(14-4-3-7-27-14)24(18)6-5-15(19)26/h3-4,7-9H,5-6,10H2,1-2H3,(H2,19,26). The van der Waals surface area contributed by atoms with Gasteiger partial charge in [-0.1, -0.05) is 11.8 Å². The van der Waals surface area contributed by atoms with E-state index in [0.29, 0.717) is 34.8 Å². The van der Waals surface area contributed by atoms with Crippen molar-refractivity contribution >= 4 is 23.4 Å². The number of primary amides is 1. The second kappa shape index (κ2) is 7.47. The molecule has 4 aromatic heterocycles. The summed E-state index contributed by atoms with van der Waals surface area (Å²) in [6.07, 6.45) is 3.74. The van der Waals surface area contributed by atoms with Crippen molar-refractivity contribution < 1.29 is 9.21 Å². The van der Waals surface area contributed by atoms with Crippen molar-refractivity contribution in [2.24, 2.45) is 5.73 Å². The van der Waals surface area contributed by atoms with E-state index in [1.165, 1.54) is 11.8 Å². The fourth-order valence-electron chi connectivity index (χ4n) is 2.93. The molecule has 4 aromatic rings. The van der Waals surface area contributed by atoms with E-state index in [4.69, 9.17) is 10.2 Å². The van der Waals surface area contributed by atoms with Gasteiger partial charge in [0.1, 0.15) is 0 Å². The monoisotopic (exact) mass is 397 g/mol. The Labute approximate surface area is 165 Å². The summed E-state index contributed by atoms with van der Waals surface area (Å²) < 4.78 is 9.25. The molecular formula is C18H19N7O2S. The molecule has 4 heterocycles. The first-order valence-electron chi connectivity index (χ1n) is 8.71. The van der Waals surface area contributed by atoms with Crippen LogP contribution in [0, 0.1) is 13.8 Å². The molecule has 9 nitrogen and oxygen atoms in total. The Balaban J connectivity index is 1.59. The van der Waals surface area contributed by atoms with E-state index in [1.807, 2.05) is 35.1 Å². The first-order valence-corrected chi connectivity index (χ1v) is 9.70. The summed E-state index contributed by atoms with van der Waals surface area (Å²) in [5.74, 6) is 2.05. The Morgan fingerprint density at radius 3 is 2.89 bits per heavy atom. The van der Waals surface area contributed by atoms with E-state index in [1.54, 1.807) is 18.4 Å². The van der Waals surface area contributed by atoms with Crippen LogP contribution < -0.4 is 5.73 Å². The Morgan fingerprint density at radius 1 is 1.29 bits per heavy atom. The van der Waals surface area contributed by atoms with Crippen LogP contribution in [0.1, 0.15) is 23.5 Å². The highest BCUT2D eigenvalue weighted by atomic mass is 32.2. The summed E-state index contributed by atoms with van der Waals surface area (Å²) >= 11 is 1.49. The fraction of sp³-hybridized carbons (Fsp3) is 0.278. The van der Waals surface area contributed by atoms with Gasteiger partial charge >= 0.3 is 0 Å². The van der Waals surface area contributed by atoms with Crippen molar-refractivity contribution in [2.75, 3.05) is 0 Å². The van der Waals surface area contributed by atoms with Gasteiger partial charge in [-0.3, -0.25) is 13.8 Å². The minimum absolute atomic E-state index is 0.191. The molecule has 10 heteroatoms. The van der Waals surface area contributed by atoms with Gasteiger partial charge in [-0.15, -0.1) is 10.2 Å². The van der Waals surface area contributed by atoms with E-state index in [0.717, 1.165) is 17.1 Å². The highest BCUT2D eigenvalue weighted by molar-refractivity contribution is 7.98. The predicted octanol–water partition coefficient (Wildman–Crippen LogP) is 2.37. The third-order valence-electron chi connectivity index (χ3n) is 4.20. The number of carbonyl (C=O) groups excluding carboxylic acids is 1. The van der Waals surface area contributed by atoms with Crippen molar-refractivity contribution in [1.82, 2.24) is 29.1 Å². The first-order chi connectivity index (χ1) is 13.5. The minimum Gasteiger partial charge on any atom is -0.461 e. The zero-order valence-corrected chi connectivity index (χ0v) is 16.3. The van der Waals surface area contributed by atoms with Crippen molar-refractivity contribution in [2.45, 2.75) is 37.7 Å². The summed E-state index contributed by atoms with van der Waals surface area (Å²) in [4.78, 5) is 20.3. The van der Waals surface area contributed by atoms with Gasteiger partial charge in [-0.2, -0.15) is 0 Å². The maximum absolute atomic E-state index is 11.3. The van der Waals surface area contributed by atoms with Gasteiger partial charge in [0.05, 0.1) is 12.0 Å². The van der Waals surface area contributed by atoms with Gasteiger partial charge in [-0.25, -0.2) is 9.97 Å². The fourth-order valence-corrected chi connectivity index (χ4v) is 3.78. The number of rotatable bonds is 7. The molecule has 0 saturated carbocycles. The highest BCUT2D eigenvalue weighted by Gasteiger charge is 2.17. The first kappa shape index (κ1) is 18.2. The van der Waals surface area contributed by atoms with Crippen molar-refractivity contribution in [3.05, 3.63) is 47.7 Å². The SMILES string of the molecule is Cc1cc(C)n2cc(CSc3nnc(-c4ccco4)n3CCC(N)=O)nc2n1. The summed E-state index contributed by atoms with van der Waals surface area (Å²) in [6.45, 7) is 4.36. The van der Waals surface area contributed by atoms with Crippen LogP contribution in [0.3, 0.4) is 0 Å². The maximum Gasteiger partial charge on any atom is 0.234 e. The summed E-state index contributed by atoms with van der Waals surface area (Å²) in [5.41, 5.74) is 8.22. The zero-order valence-electron chi connectivity index (χ0n) is 15.5. The molecule has 0 bridgehead atoms. The van der Waals surface area contributed by atoms with Crippen LogP contribution in [-0.2, 0) is 17.1 Å². The molecule has 0 fully saturated rings. The lowest BCUT2D eigenvalue weighted by Crippen LogP contribution is -2.15. The van der Waals surface area contributed by atoms with Gasteiger partial charge in [-0.05, 0) is 32.0 Å². The molecule has 0 atom stereocenters. The van der Waals surface area contributed by atoms with E-state index >= 15 is 0 Å². The molecule has 144 valence electrons. The average molecular weight is 397 g/mol. The number of hydrogen-bond donors (Lipinski definition) is 1. The second-order valence-electron chi connectivity index (χ2n) is 6.38. The number of aromatic nitrogens is 6. The van der Waals surface area contributed by atoms with Gasteiger partial charge in [0.25, 0.3) is 0 Å². The molecule has 0 saturated heterocycles. The molecule has 0 aromatic carbocycles. The lowest BCUT2D eigenvalue weighted by atomic mass is 10.3. The normalized spacial score (nSPS) is 11.4. The number of amides is 1. The lowest BCUT2D eigenvalue weighted by Gasteiger charge is -2.07. The topological polar surface area (TPSA) is 117 Å². The van der Waals surface area contributed by atoms with Crippen LogP contribution in [0.2, 0.25) is 0 Å². The van der Waals surface area contributed by atoms with Crippen LogP contribution in [0.25, 0.3) is 17.4 Å². The molecule has 0 unspecified atom stereocenters. The summed E-state index contributed by atoms with van der Waals surface area (Å²) in [5, 5.41) is 9.16. The number of carbonyl (C=O) groups is 1. The van der Waals surface area contributed by atoms with Gasteiger partial charge < -0.3 is 10.2 Å². The number of nitrogens with two attached hydrogens (primary N) is 1. The molecule has 0 spiro atoms. The molecule has 0 aliphatic carbocycles.